The molecule has 0 aliphatic carbocycles. The van der Waals surface area contributed by atoms with Crippen LogP contribution in [0.4, 0.5) is 0 Å². The van der Waals surface area contributed by atoms with Gasteiger partial charge in [-0.2, -0.15) is 5.10 Å². The van der Waals surface area contributed by atoms with Crippen LogP contribution < -0.4 is 5.32 Å². The van der Waals surface area contributed by atoms with Gasteiger partial charge in [0.25, 0.3) is 5.91 Å². The minimum atomic E-state index is -0.214. The number of aromatic amines is 1. The number of carbonyl (C=O) groups excluding carboxylic acids is 1. The van der Waals surface area contributed by atoms with Crippen molar-refractivity contribution in [1.29, 1.82) is 0 Å². The quantitative estimate of drug-likeness (QED) is 0.778. The molecule has 0 radical (unpaired) electrons. The summed E-state index contributed by atoms with van der Waals surface area (Å²) < 4.78 is 0. The Kier molecular flexibility index (Phi) is 4.16. The van der Waals surface area contributed by atoms with E-state index in [1.165, 1.54) is 6.20 Å². The van der Waals surface area contributed by atoms with Gasteiger partial charge >= 0.3 is 0 Å². The van der Waals surface area contributed by atoms with Crippen molar-refractivity contribution < 1.29 is 4.79 Å². The van der Waals surface area contributed by atoms with Gasteiger partial charge < -0.3 is 5.32 Å². The Bertz CT molecular complexity index is 786. The van der Waals surface area contributed by atoms with Gasteiger partial charge in [-0.3, -0.25) is 14.9 Å². The molecule has 0 bridgehead atoms. The van der Waals surface area contributed by atoms with E-state index in [9.17, 15) is 4.79 Å². The molecule has 0 saturated carbocycles. The van der Waals surface area contributed by atoms with Crippen LogP contribution in [0.25, 0.3) is 11.3 Å². The monoisotopic (exact) mass is 312 g/mol. The van der Waals surface area contributed by atoms with Crippen molar-refractivity contribution in [2.45, 2.75) is 6.54 Å². The van der Waals surface area contributed by atoms with Crippen molar-refractivity contribution >= 4 is 17.5 Å². The van der Waals surface area contributed by atoms with Gasteiger partial charge in [-0.05, 0) is 24.3 Å². The lowest BCUT2D eigenvalue weighted by Gasteiger charge is -2.06. The van der Waals surface area contributed by atoms with Gasteiger partial charge in [0.1, 0.15) is 0 Å². The Labute approximate surface area is 132 Å². The van der Waals surface area contributed by atoms with Crippen molar-refractivity contribution in [1.82, 2.24) is 20.5 Å². The van der Waals surface area contributed by atoms with E-state index in [1.54, 1.807) is 18.3 Å². The molecule has 2 N–H and O–H groups in total. The standard InChI is InChI=1S/C16H13ClN4O/c17-12-5-3-4-11(8-12)15-14(10-20-21-15)16(22)19-9-13-6-1-2-7-18-13/h1-8,10H,9H2,(H,19,22)(H,20,21). The Balaban J connectivity index is 1.78. The SMILES string of the molecule is O=C(NCc1ccccn1)c1cn[nH]c1-c1cccc(Cl)c1. The van der Waals surface area contributed by atoms with Crippen LogP contribution in [0.2, 0.25) is 5.02 Å². The number of hydrogen-bond donors (Lipinski definition) is 2. The summed E-state index contributed by atoms with van der Waals surface area (Å²) in [5.74, 6) is -0.214. The van der Waals surface area contributed by atoms with Gasteiger partial charge in [-0.15, -0.1) is 0 Å². The summed E-state index contributed by atoms with van der Waals surface area (Å²) in [6.45, 7) is 0.361. The number of benzene rings is 1. The second-order valence-electron chi connectivity index (χ2n) is 4.67. The van der Waals surface area contributed by atoms with Crippen LogP contribution >= 0.6 is 11.6 Å². The van der Waals surface area contributed by atoms with Crippen LogP contribution in [0.15, 0.2) is 54.9 Å². The minimum Gasteiger partial charge on any atom is -0.346 e. The molecule has 2 aromatic heterocycles. The molecule has 0 spiro atoms. The highest BCUT2D eigenvalue weighted by molar-refractivity contribution is 6.30. The number of pyridine rings is 1. The zero-order valence-electron chi connectivity index (χ0n) is 11.6. The average molecular weight is 313 g/mol. The van der Waals surface area contributed by atoms with Gasteiger partial charge in [-0.1, -0.05) is 29.8 Å². The number of H-pyrrole nitrogens is 1. The van der Waals surface area contributed by atoms with Crippen molar-refractivity contribution in [3.63, 3.8) is 0 Å². The maximum Gasteiger partial charge on any atom is 0.255 e. The van der Waals surface area contributed by atoms with Gasteiger partial charge in [0.2, 0.25) is 0 Å². The second-order valence-corrected chi connectivity index (χ2v) is 5.11. The molecule has 2 heterocycles. The molecule has 0 aliphatic rings. The predicted octanol–water partition coefficient (Wildman–Crippen LogP) is 3.06. The summed E-state index contributed by atoms with van der Waals surface area (Å²) in [6.07, 6.45) is 3.20. The summed E-state index contributed by atoms with van der Waals surface area (Å²) in [5, 5.41) is 10.2. The fraction of sp³-hybridized carbons (Fsp3) is 0.0625. The van der Waals surface area contributed by atoms with E-state index < -0.39 is 0 Å². The number of amides is 1. The van der Waals surface area contributed by atoms with Crippen LogP contribution in [0.5, 0.6) is 0 Å². The van der Waals surface area contributed by atoms with Crippen LogP contribution in [-0.2, 0) is 6.54 Å². The molecule has 0 saturated heterocycles. The summed E-state index contributed by atoms with van der Waals surface area (Å²) >= 11 is 5.99. The van der Waals surface area contributed by atoms with Gasteiger partial charge in [0, 0.05) is 16.8 Å². The number of rotatable bonds is 4. The van der Waals surface area contributed by atoms with E-state index in [0.717, 1.165) is 11.3 Å². The second kappa shape index (κ2) is 6.41. The van der Waals surface area contributed by atoms with Crippen molar-refractivity contribution in [3.05, 3.63) is 71.1 Å². The number of hydrogen-bond acceptors (Lipinski definition) is 3. The smallest absolute Gasteiger partial charge is 0.255 e. The van der Waals surface area contributed by atoms with E-state index in [2.05, 4.69) is 20.5 Å². The third kappa shape index (κ3) is 3.15. The highest BCUT2D eigenvalue weighted by atomic mass is 35.5. The number of nitrogens with one attached hydrogen (secondary N) is 2. The minimum absolute atomic E-state index is 0.214. The molecule has 1 amide bonds. The first-order valence-electron chi connectivity index (χ1n) is 6.71. The molecule has 110 valence electrons. The molecule has 5 nitrogen and oxygen atoms in total. The van der Waals surface area contributed by atoms with E-state index in [0.29, 0.717) is 22.8 Å². The normalized spacial score (nSPS) is 10.4. The van der Waals surface area contributed by atoms with Crippen molar-refractivity contribution in [2.75, 3.05) is 0 Å². The molecule has 3 rings (SSSR count). The molecular formula is C16H13ClN4O. The van der Waals surface area contributed by atoms with E-state index >= 15 is 0 Å². The number of aromatic nitrogens is 3. The molecule has 0 fully saturated rings. The molecule has 1 aromatic carbocycles. The Morgan fingerprint density at radius 1 is 1.23 bits per heavy atom. The van der Waals surface area contributed by atoms with Crippen LogP contribution in [0, 0.1) is 0 Å². The molecule has 0 aliphatic heterocycles. The van der Waals surface area contributed by atoms with Gasteiger partial charge in [-0.25, -0.2) is 0 Å². The Hall–Kier alpha value is -2.66. The number of carbonyl (C=O) groups is 1. The summed E-state index contributed by atoms with van der Waals surface area (Å²) in [7, 11) is 0. The highest BCUT2D eigenvalue weighted by Crippen LogP contribution is 2.23. The molecule has 22 heavy (non-hydrogen) atoms. The fourth-order valence-corrected chi connectivity index (χ4v) is 2.28. The lowest BCUT2D eigenvalue weighted by molar-refractivity contribution is 0.0951. The maximum absolute atomic E-state index is 12.3. The number of halogens is 1. The molecule has 3 aromatic rings. The van der Waals surface area contributed by atoms with Gasteiger partial charge in [0.15, 0.2) is 0 Å². The predicted molar refractivity (Wildman–Crippen MR) is 84.4 cm³/mol. The Morgan fingerprint density at radius 2 is 2.14 bits per heavy atom. The molecular weight excluding hydrogens is 300 g/mol. The van der Waals surface area contributed by atoms with Crippen LogP contribution in [-0.4, -0.2) is 21.1 Å². The zero-order valence-corrected chi connectivity index (χ0v) is 12.3. The average Bonchev–Trinajstić information content (AvgIpc) is 3.03. The van der Waals surface area contributed by atoms with Crippen molar-refractivity contribution in [2.24, 2.45) is 0 Å². The van der Waals surface area contributed by atoms with Crippen LogP contribution in [0.3, 0.4) is 0 Å². The summed E-state index contributed by atoms with van der Waals surface area (Å²) in [5.41, 5.74) is 2.72. The lowest BCUT2D eigenvalue weighted by atomic mass is 10.1. The van der Waals surface area contributed by atoms with Gasteiger partial charge in [0.05, 0.1) is 29.7 Å². The first-order valence-corrected chi connectivity index (χ1v) is 7.09. The lowest BCUT2D eigenvalue weighted by Crippen LogP contribution is -2.23. The van der Waals surface area contributed by atoms with E-state index in [1.807, 2.05) is 30.3 Å². The largest absolute Gasteiger partial charge is 0.346 e. The maximum atomic E-state index is 12.3. The molecule has 6 heteroatoms. The Morgan fingerprint density at radius 3 is 2.91 bits per heavy atom. The summed E-state index contributed by atoms with van der Waals surface area (Å²) in [4.78, 5) is 16.5. The van der Waals surface area contributed by atoms with E-state index in [-0.39, 0.29) is 5.91 Å². The molecule has 0 unspecified atom stereocenters. The third-order valence-corrected chi connectivity index (χ3v) is 3.39. The first kappa shape index (κ1) is 14.3. The fourth-order valence-electron chi connectivity index (χ4n) is 2.09. The zero-order chi connectivity index (χ0) is 15.4. The topological polar surface area (TPSA) is 70.7 Å². The van der Waals surface area contributed by atoms with E-state index in [4.69, 9.17) is 11.6 Å². The highest BCUT2D eigenvalue weighted by Gasteiger charge is 2.15. The summed E-state index contributed by atoms with van der Waals surface area (Å²) in [6, 6.07) is 12.8. The first-order chi connectivity index (χ1) is 10.7. The van der Waals surface area contributed by atoms with Crippen molar-refractivity contribution in [3.8, 4) is 11.3 Å². The van der Waals surface area contributed by atoms with Crippen LogP contribution in [0.1, 0.15) is 16.1 Å². The third-order valence-electron chi connectivity index (χ3n) is 3.15. The number of nitrogens with zero attached hydrogens (tertiary/aromatic N) is 2. The molecule has 0 atom stereocenters.